The molecule has 1 atom stereocenters. The van der Waals surface area contributed by atoms with Crippen molar-refractivity contribution in [2.24, 2.45) is 0 Å². The highest BCUT2D eigenvalue weighted by Crippen LogP contribution is 2.13. The predicted octanol–water partition coefficient (Wildman–Crippen LogP) is 2.76. The Balaban J connectivity index is 2.34. The Kier molecular flexibility index (Phi) is 6.25. The smallest absolute Gasteiger partial charge is 0.267 e. The van der Waals surface area contributed by atoms with Gasteiger partial charge in [0, 0.05) is 5.02 Å². The molecule has 18 heavy (non-hydrogen) atoms. The first-order valence-electron chi connectivity index (χ1n) is 5.67. The Hall–Kier alpha value is -1.52. The van der Waals surface area contributed by atoms with Crippen LogP contribution >= 0.6 is 11.6 Å². The van der Waals surface area contributed by atoms with E-state index in [0.717, 1.165) is 6.42 Å². The molecule has 0 saturated carbocycles. The number of hydrogen-bond donors (Lipinski definition) is 2. The molecule has 0 aromatic heterocycles. The van der Waals surface area contributed by atoms with Crippen molar-refractivity contribution >= 4 is 23.2 Å². The molecule has 0 heterocycles. The van der Waals surface area contributed by atoms with Crippen LogP contribution in [0.3, 0.4) is 0 Å². The van der Waals surface area contributed by atoms with Crippen LogP contribution in [-0.2, 0) is 9.53 Å². The number of anilines is 1. The van der Waals surface area contributed by atoms with E-state index in [2.05, 4.69) is 17.4 Å². The molecule has 1 amide bonds. The number of amides is 1. The summed E-state index contributed by atoms with van der Waals surface area (Å²) in [6, 6.07) is 7.07. The third-order valence-corrected chi connectivity index (χ3v) is 2.45. The predicted molar refractivity (Wildman–Crippen MR) is 73.4 cm³/mol. The number of rotatable bonds is 7. The zero-order valence-electron chi connectivity index (χ0n) is 10.3. The Morgan fingerprint density at radius 1 is 1.61 bits per heavy atom. The van der Waals surface area contributed by atoms with Crippen LogP contribution in [0.25, 0.3) is 0 Å². The maximum Gasteiger partial charge on any atom is 0.267 e. The summed E-state index contributed by atoms with van der Waals surface area (Å²) in [5.41, 5.74) is 6.04. The molecule has 0 spiro atoms. The van der Waals surface area contributed by atoms with Crippen LogP contribution in [0.4, 0.5) is 5.69 Å². The van der Waals surface area contributed by atoms with Crippen molar-refractivity contribution in [3.8, 4) is 0 Å². The quantitative estimate of drug-likeness (QED) is 0.454. The highest BCUT2D eigenvalue weighted by molar-refractivity contribution is 6.30. The molecule has 98 valence electrons. The zero-order chi connectivity index (χ0) is 13.4. The van der Waals surface area contributed by atoms with Crippen LogP contribution in [0, 0.1) is 0 Å². The Bertz CT molecular complexity index is 410. The minimum absolute atomic E-state index is 0.237. The van der Waals surface area contributed by atoms with Crippen LogP contribution in [0.2, 0.25) is 5.02 Å². The molecule has 0 bridgehead atoms. The van der Waals surface area contributed by atoms with E-state index in [1.807, 2.05) is 0 Å². The lowest BCUT2D eigenvalue weighted by Gasteiger charge is -2.14. The Morgan fingerprint density at radius 2 is 2.39 bits per heavy atom. The van der Waals surface area contributed by atoms with Gasteiger partial charge < -0.3 is 4.74 Å². The van der Waals surface area contributed by atoms with Gasteiger partial charge in [-0.05, 0) is 31.5 Å². The molecule has 1 aromatic rings. The molecule has 1 unspecified atom stereocenters. The van der Waals surface area contributed by atoms with Crippen molar-refractivity contribution < 1.29 is 9.53 Å². The zero-order valence-corrected chi connectivity index (χ0v) is 11.0. The fraction of sp³-hybridized carbons (Fsp3) is 0.308. The highest BCUT2D eigenvalue weighted by atomic mass is 35.5. The van der Waals surface area contributed by atoms with Gasteiger partial charge in [-0.2, -0.15) is 0 Å². The number of hydrazine groups is 1. The maximum atomic E-state index is 11.6. The minimum Gasteiger partial charge on any atom is -0.368 e. The molecule has 0 aliphatic carbocycles. The van der Waals surface area contributed by atoms with E-state index in [1.165, 1.54) is 0 Å². The third-order valence-electron chi connectivity index (χ3n) is 2.21. The normalized spacial score (nSPS) is 11.7. The van der Waals surface area contributed by atoms with Crippen molar-refractivity contribution in [1.82, 2.24) is 5.43 Å². The van der Waals surface area contributed by atoms with Crippen LogP contribution < -0.4 is 10.9 Å². The van der Waals surface area contributed by atoms with Crippen LogP contribution in [-0.4, -0.2) is 18.6 Å². The first kappa shape index (κ1) is 14.5. The number of nitrogens with one attached hydrogen (secondary N) is 2. The topological polar surface area (TPSA) is 50.4 Å². The fourth-order valence-corrected chi connectivity index (χ4v) is 1.40. The van der Waals surface area contributed by atoms with Gasteiger partial charge in [0.1, 0.15) is 6.10 Å². The molecule has 2 N–H and O–H groups in total. The second-order valence-electron chi connectivity index (χ2n) is 3.71. The van der Waals surface area contributed by atoms with Gasteiger partial charge in [-0.15, -0.1) is 6.58 Å². The van der Waals surface area contributed by atoms with E-state index < -0.39 is 6.10 Å². The molecule has 0 radical (unpaired) electrons. The van der Waals surface area contributed by atoms with Crippen molar-refractivity contribution in [2.75, 3.05) is 12.0 Å². The summed E-state index contributed by atoms with van der Waals surface area (Å²) in [5.74, 6) is -0.237. The monoisotopic (exact) mass is 268 g/mol. The lowest BCUT2D eigenvalue weighted by molar-refractivity contribution is -0.131. The Morgan fingerprint density at radius 3 is 3.06 bits per heavy atom. The van der Waals surface area contributed by atoms with Gasteiger partial charge in [-0.25, -0.2) is 0 Å². The molecular formula is C13H17ClN2O2. The standard InChI is InChI=1S/C13H17ClN2O2/c1-3-4-8-18-10(2)13(17)16-15-12-7-5-6-11(14)9-12/h3,5-7,9-10,15H,1,4,8H2,2H3,(H,16,17). The summed E-state index contributed by atoms with van der Waals surface area (Å²) in [6.07, 6.45) is 1.95. The van der Waals surface area contributed by atoms with E-state index in [0.29, 0.717) is 17.3 Å². The molecule has 1 aromatic carbocycles. The van der Waals surface area contributed by atoms with Gasteiger partial charge in [-0.3, -0.25) is 15.6 Å². The van der Waals surface area contributed by atoms with Gasteiger partial charge in [0.25, 0.3) is 5.91 Å². The second kappa shape index (κ2) is 7.74. The molecule has 0 fully saturated rings. The molecular weight excluding hydrogens is 252 g/mol. The lowest BCUT2D eigenvalue weighted by atomic mass is 10.3. The van der Waals surface area contributed by atoms with Crippen molar-refractivity contribution in [3.05, 3.63) is 41.9 Å². The highest BCUT2D eigenvalue weighted by Gasteiger charge is 2.12. The minimum atomic E-state index is -0.517. The number of hydrogen-bond acceptors (Lipinski definition) is 3. The summed E-state index contributed by atoms with van der Waals surface area (Å²) in [7, 11) is 0. The molecule has 5 heteroatoms. The van der Waals surface area contributed by atoms with Gasteiger partial charge in [-0.1, -0.05) is 23.7 Å². The van der Waals surface area contributed by atoms with Crippen LogP contribution in [0.1, 0.15) is 13.3 Å². The third kappa shape index (κ3) is 5.21. The van der Waals surface area contributed by atoms with Crippen molar-refractivity contribution in [2.45, 2.75) is 19.4 Å². The first-order chi connectivity index (χ1) is 8.63. The summed E-state index contributed by atoms with van der Waals surface area (Å²) in [6.45, 7) is 5.76. The van der Waals surface area contributed by atoms with E-state index in [-0.39, 0.29) is 5.91 Å². The van der Waals surface area contributed by atoms with E-state index >= 15 is 0 Å². The number of carbonyl (C=O) groups is 1. The lowest BCUT2D eigenvalue weighted by Crippen LogP contribution is -2.38. The summed E-state index contributed by atoms with van der Waals surface area (Å²) in [5, 5.41) is 0.601. The largest absolute Gasteiger partial charge is 0.368 e. The number of halogens is 1. The summed E-state index contributed by atoms with van der Waals surface area (Å²) >= 11 is 5.82. The average molecular weight is 269 g/mol. The number of benzene rings is 1. The fourth-order valence-electron chi connectivity index (χ4n) is 1.21. The van der Waals surface area contributed by atoms with Crippen molar-refractivity contribution in [3.63, 3.8) is 0 Å². The average Bonchev–Trinajstić information content (AvgIpc) is 2.36. The molecule has 4 nitrogen and oxygen atoms in total. The van der Waals surface area contributed by atoms with E-state index in [9.17, 15) is 4.79 Å². The Labute approximate surface area is 112 Å². The summed E-state index contributed by atoms with van der Waals surface area (Å²) < 4.78 is 5.31. The van der Waals surface area contributed by atoms with Gasteiger partial charge in [0.05, 0.1) is 12.3 Å². The van der Waals surface area contributed by atoms with Gasteiger partial charge >= 0.3 is 0 Å². The van der Waals surface area contributed by atoms with Gasteiger partial charge in [0.2, 0.25) is 0 Å². The molecule has 0 aliphatic rings. The SMILES string of the molecule is C=CCCOC(C)C(=O)NNc1cccc(Cl)c1. The molecule has 0 aliphatic heterocycles. The van der Waals surface area contributed by atoms with E-state index in [1.54, 1.807) is 37.3 Å². The van der Waals surface area contributed by atoms with Crippen LogP contribution in [0.5, 0.6) is 0 Å². The first-order valence-corrected chi connectivity index (χ1v) is 6.05. The molecule has 0 saturated heterocycles. The van der Waals surface area contributed by atoms with E-state index in [4.69, 9.17) is 16.3 Å². The maximum absolute atomic E-state index is 11.6. The van der Waals surface area contributed by atoms with Gasteiger partial charge in [0.15, 0.2) is 0 Å². The van der Waals surface area contributed by atoms with Crippen LogP contribution in [0.15, 0.2) is 36.9 Å². The van der Waals surface area contributed by atoms with Crippen molar-refractivity contribution in [1.29, 1.82) is 0 Å². The summed E-state index contributed by atoms with van der Waals surface area (Å²) in [4.78, 5) is 11.6. The number of ether oxygens (including phenoxy) is 1. The molecule has 1 rings (SSSR count). The second-order valence-corrected chi connectivity index (χ2v) is 4.15. The number of carbonyl (C=O) groups excluding carboxylic acids is 1.